The third-order valence-electron chi connectivity index (χ3n) is 9.71. The number of carbonyl (C=O) groups is 1. The Hall–Kier alpha value is -2.89. The summed E-state index contributed by atoms with van der Waals surface area (Å²) >= 11 is 0. The number of Topliss-reactive ketones (excluding diaryl/α,β-unsaturated/α-hetero) is 1. The number of rotatable bonds is 8. The van der Waals surface area contributed by atoms with Crippen molar-refractivity contribution in [1.82, 2.24) is 4.90 Å². The largest absolute Gasteiger partial charge is 0.510 e. The monoisotopic (exact) mass is 530 g/mol. The summed E-state index contributed by atoms with van der Waals surface area (Å²) in [6, 6.07) is 5.78. The van der Waals surface area contributed by atoms with Gasteiger partial charge in [-0.3, -0.25) is 9.69 Å². The molecule has 6 atom stereocenters. The predicted molar refractivity (Wildman–Crippen MR) is 160 cm³/mol. The molecule has 5 nitrogen and oxygen atoms in total. The van der Waals surface area contributed by atoms with Gasteiger partial charge in [-0.15, -0.1) is 0 Å². The molecule has 4 N–H and O–H groups in total. The molecule has 0 saturated carbocycles. The molecule has 0 aliphatic heterocycles. The van der Waals surface area contributed by atoms with Gasteiger partial charge in [-0.2, -0.15) is 0 Å². The van der Waals surface area contributed by atoms with E-state index in [1.165, 1.54) is 5.56 Å². The maximum Gasteiger partial charge on any atom is 0.133 e. The van der Waals surface area contributed by atoms with Crippen molar-refractivity contribution in [3.63, 3.8) is 0 Å². The van der Waals surface area contributed by atoms with E-state index in [0.29, 0.717) is 24.0 Å². The minimum atomic E-state index is -1.53. The molecule has 0 radical (unpaired) electrons. The summed E-state index contributed by atoms with van der Waals surface area (Å²) in [7, 11) is 3.78. The zero-order chi connectivity index (χ0) is 29.0. The number of hydrogen-bond donors (Lipinski definition) is 3. The second-order valence-electron chi connectivity index (χ2n) is 12.2. The number of aliphatic hydroxyl groups is 2. The highest BCUT2D eigenvalue weighted by atomic mass is 16.3. The van der Waals surface area contributed by atoms with E-state index in [1.54, 1.807) is 0 Å². The number of allylic oxidation sites excluding steroid dienone is 3. The third-order valence-corrected chi connectivity index (χ3v) is 9.71. The lowest BCUT2D eigenvalue weighted by atomic mass is 9.48. The number of likely N-dealkylation sites (N-methyl/N-ethyl adjacent to an activating group) is 1. The first-order chi connectivity index (χ1) is 18.3. The number of hydrogen-bond acceptors (Lipinski definition) is 5. The molecule has 0 fully saturated rings. The minimum absolute atomic E-state index is 0.0436. The first kappa shape index (κ1) is 29.1. The lowest BCUT2D eigenvalue weighted by molar-refractivity contribution is -0.123. The molecular formula is C34H46N2O3. The normalized spacial score (nSPS) is 30.3. The van der Waals surface area contributed by atoms with Gasteiger partial charge in [0, 0.05) is 30.0 Å². The van der Waals surface area contributed by atoms with Crippen LogP contribution in [-0.2, 0) is 4.79 Å². The second-order valence-corrected chi connectivity index (χ2v) is 12.2. The Bertz CT molecular complexity index is 1300. The van der Waals surface area contributed by atoms with E-state index in [-0.39, 0.29) is 35.0 Å². The zero-order valence-electron chi connectivity index (χ0n) is 24.6. The number of benzene rings is 1. The van der Waals surface area contributed by atoms with Crippen LogP contribution in [0.4, 0.5) is 0 Å². The maximum absolute atomic E-state index is 13.6. The van der Waals surface area contributed by atoms with Gasteiger partial charge in [0.05, 0.1) is 6.04 Å². The van der Waals surface area contributed by atoms with E-state index in [1.807, 2.05) is 25.9 Å². The molecule has 5 heteroatoms. The van der Waals surface area contributed by atoms with Gasteiger partial charge in [0.15, 0.2) is 0 Å². The highest BCUT2D eigenvalue weighted by Gasteiger charge is 2.62. The van der Waals surface area contributed by atoms with E-state index in [9.17, 15) is 15.0 Å². The Balaban J connectivity index is 2.02. The van der Waals surface area contributed by atoms with Crippen LogP contribution in [0.1, 0.15) is 75.5 Å². The van der Waals surface area contributed by atoms with E-state index < -0.39 is 17.6 Å². The number of fused-ring (bicyclic) bond motifs is 3. The fourth-order valence-corrected chi connectivity index (χ4v) is 7.98. The highest BCUT2D eigenvalue weighted by molar-refractivity contribution is 5.87. The number of unbranched alkanes of at least 4 members (excludes halogenated alkanes) is 2. The number of carbonyl (C=O) groups excluding carboxylic acids is 1. The Morgan fingerprint density at radius 2 is 1.85 bits per heavy atom. The number of nitrogens with zero attached hydrogens (tertiary/aromatic N) is 1. The fourth-order valence-electron chi connectivity index (χ4n) is 7.98. The molecule has 3 aliphatic carbocycles. The van der Waals surface area contributed by atoms with Crippen LogP contribution in [0.5, 0.6) is 0 Å². The van der Waals surface area contributed by atoms with Crippen molar-refractivity contribution in [3.8, 4) is 0 Å². The SMILES string of the molecule is C=C(N)C1=C(O)[C@@H](N(C)C)[C@@H]2[C@@H](CC(=O)CCCCC)[C@H]3C(=C(C)[C@]2(O)C1=C)C(=C)c1c(C)cccc1[C@@H]3C. The van der Waals surface area contributed by atoms with Crippen molar-refractivity contribution in [3.05, 3.63) is 88.4 Å². The molecule has 210 valence electrons. The van der Waals surface area contributed by atoms with Crippen LogP contribution >= 0.6 is 0 Å². The van der Waals surface area contributed by atoms with Crippen LogP contribution < -0.4 is 5.73 Å². The topological polar surface area (TPSA) is 86.8 Å². The van der Waals surface area contributed by atoms with Gasteiger partial charge in [0.25, 0.3) is 0 Å². The van der Waals surface area contributed by atoms with E-state index in [0.717, 1.165) is 47.1 Å². The van der Waals surface area contributed by atoms with E-state index in [2.05, 4.69) is 58.7 Å². The number of nitrogens with two attached hydrogens (primary N) is 1. The smallest absolute Gasteiger partial charge is 0.133 e. The second kappa shape index (κ2) is 10.6. The molecule has 1 aromatic rings. The Kier molecular flexibility index (Phi) is 7.90. The van der Waals surface area contributed by atoms with Crippen molar-refractivity contribution in [2.45, 2.75) is 77.4 Å². The van der Waals surface area contributed by atoms with Gasteiger partial charge in [-0.05, 0) is 91.1 Å². The maximum atomic E-state index is 13.6. The molecular weight excluding hydrogens is 484 g/mol. The minimum Gasteiger partial charge on any atom is -0.510 e. The van der Waals surface area contributed by atoms with E-state index in [4.69, 9.17) is 5.73 Å². The molecule has 0 unspecified atom stereocenters. The number of aryl methyl sites for hydroxylation is 1. The van der Waals surface area contributed by atoms with Gasteiger partial charge in [-0.25, -0.2) is 0 Å². The lowest BCUT2D eigenvalue weighted by Gasteiger charge is -2.59. The highest BCUT2D eigenvalue weighted by Crippen LogP contribution is 2.63. The van der Waals surface area contributed by atoms with Crippen molar-refractivity contribution >= 4 is 11.4 Å². The molecule has 3 aliphatic rings. The average Bonchev–Trinajstić information content (AvgIpc) is 2.85. The lowest BCUT2D eigenvalue weighted by Crippen LogP contribution is -2.62. The van der Waals surface area contributed by atoms with Gasteiger partial charge >= 0.3 is 0 Å². The average molecular weight is 531 g/mol. The molecule has 0 heterocycles. The summed E-state index contributed by atoms with van der Waals surface area (Å²) in [5.41, 5.74) is 11.7. The van der Waals surface area contributed by atoms with Crippen LogP contribution in [-0.4, -0.2) is 46.6 Å². The summed E-state index contributed by atoms with van der Waals surface area (Å²) in [5, 5.41) is 24.5. The Labute approximate surface area is 234 Å². The van der Waals surface area contributed by atoms with Crippen LogP contribution in [0.3, 0.4) is 0 Å². The van der Waals surface area contributed by atoms with Crippen LogP contribution in [0, 0.1) is 24.7 Å². The molecule has 1 aromatic carbocycles. The summed E-state index contributed by atoms with van der Waals surface area (Å²) in [5.74, 6) is -0.441. The van der Waals surface area contributed by atoms with Gasteiger partial charge in [-0.1, -0.05) is 64.6 Å². The first-order valence-corrected chi connectivity index (χ1v) is 14.3. The van der Waals surface area contributed by atoms with Gasteiger partial charge < -0.3 is 15.9 Å². The van der Waals surface area contributed by atoms with Crippen molar-refractivity contribution in [2.24, 2.45) is 23.5 Å². The number of aliphatic hydroxyl groups excluding tert-OH is 1. The van der Waals surface area contributed by atoms with Crippen LogP contribution in [0.2, 0.25) is 0 Å². The van der Waals surface area contributed by atoms with Gasteiger partial charge in [0.2, 0.25) is 0 Å². The molecule has 0 bridgehead atoms. The molecule has 0 saturated heterocycles. The standard InChI is InChI=1S/C34H46N2O3/c1-10-11-12-15-24(37)17-26-29-19(3)25-16-13-14-18(2)27(25)20(4)28(29)21(5)34(39)22(6)30(23(7)35)33(38)32(31(26)34)36(8)9/h13-14,16,19,26,29,31-32,38-39H,4,6-7,10-12,15,17,35H2,1-3,5,8-9H3/t19-,26-,29-,31-,32-,34-/m0/s1. The zero-order valence-corrected chi connectivity index (χ0v) is 24.6. The quantitative estimate of drug-likeness (QED) is 0.341. The fraction of sp³-hybridized carbons (Fsp3) is 0.500. The Morgan fingerprint density at radius 3 is 2.44 bits per heavy atom. The summed E-state index contributed by atoms with van der Waals surface area (Å²) in [4.78, 5) is 15.5. The summed E-state index contributed by atoms with van der Waals surface area (Å²) < 4.78 is 0. The Morgan fingerprint density at radius 1 is 1.18 bits per heavy atom. The van der Waals surface area contributed by atoms with Crippen LogP contribution in [0.25, 0.3) is 5.57 Å². The number of ketones is 1. The first-order valence-electron chi connectivity index (χ1n) is 14.3. The molecule has 0 spiro atoms. The van der Waals surface area contributed by atoms with Crippen molar-refractivity contribution in [1.29, 1.82) is 0 Å². The van der Waals surface area contributed by atoms with Crippen molar-refractivity contribution in [2.75, 3.05) is 14.1 Å². The molecule has 0 amide bonds. The van der Waals surface area contributed by atoms with E-state index >= 15 is 0 Å². The molecule has 39 heavy (non-hydrogen) atoms. The molecule has 0 aromatic heterocycles. The summed E-state index contributed by atoms with van der Waals surface area (Å²) in [6.45, 7) is 21.2. The van der Waals surface area contributed by atoms with Gasteiger partial charge in [0.1, 0.15) is 17.1 Å². The summed E-state index contributed by atoms with van der Waals surface area (Å²) in [6.07, 6.45) is 3.76. The van der Waals surface area contributed by atoms with Crippen LogP contribution in [0.15, 0.2) is 71.7 Å². The molecule has 4 rings (SSSR count). The van der Waals surface area contributed by atoms with Crippen molar-refractivity contribution < 1.29 is 15.0 Å². The predicted octanol–water partition coefficient (Wildman–Crippen LogP) is 6.36. The third kappa shape index (κ3) is 4.35.